The molecule has 0 aromatic heterocycles. The van der Waals surface area contributed by atoms with Crippen molar-refractivity contribution in [3.05, 3.63) is 70.2 Å². The maximum Gasteiger partial charge on any atom is 0.251 e. The molecule has 3 amide bonds. The lowest BCUT2D eigenvalue weighted by atomic mass is 10.1. The third-order valence-corrected chi connectivity index (χ3v) is 4.27. The summed E-state index contributed by atoms with van der Waals surface area (Å²) >= 11 is 5.79. The van der Waals surface area contributed by atoms with Crippen LogP contribution in [0.4, 0.5) is 0 Å². The van der Waals surface area contributed by atoms with Gasteiger partial charge in [-0.05, 0) is 42.0 Å². The van der Waals surface area contributed by atoms with E-state index in [0.29, 0.717) is 22.7 Å². The van der Waals surface area contributed by atoms with Crippen molar-refractivity contribution < 1.29 is 14.4 Å². The standard InChI is InChI=1S/C20H22ClN3O3/c1-22-19(26)15-5-3-14(4-6-15)13-24(2)18(25)11-12-23-20(27)16-7-9-17(21)10-8-16/h3-10H,11-13H2,1-2H3,(H,22,26)(H,23,27). The van der Waals surface area contributed by atoms with E-state index in [1.807, 2.05) is 12.1 Å². The minimum absolute atomic E-state index is 0.0817. The van der Waals surface area contributed by atoms with Gasteiger partial charge in [-0.15, -0.1) is 0 Å². The van der Waals surface area contributed by atoms with E-state index in [2.05, 4.69) is 10.6 Å². The lowest BCUT2D eigenvalue weighted by Gasteiger charge is -2.17. The van der Waals surface area contributed by atoms with Crippen LogP contribution < -0.4 is 10.6 Å². The zero-order valence-electron chi connectivity index (χ0n) is 15.3. The van der Waals surface area contributed by atoms with Crippen LogP contribution in [0.15, 0.2) is 48.5 Å². The third-order valence-electron chi connectivity index (χ3n) is 4.02. The molecule has 0 heterocycles. The van der Waals surface area contributed by atoms with E-state index in [0.717, 1.165) is 5.56 Å². The maximum atomic E-state index is 12.2. The van der Waals surface area contributed by atoms with Gasteiger partial charge < -0.3 is 15.5 Å². The highest BCUT2D eigenvalue weighted by Crippen LogP contribution is 2.10. The Morgan fingerprint density at radius 1 is 0.926 bits per heavy atom. The van der Waals surface area contributed by atoms with Gasteiger partial charge in [-0.25, -0.2) is 0 Å². The molecule has 0 saturated heterocycles. The maximum absolute atomic E-state index is 12.2. The van der Waals surface area contributed by atoms with Crippen molar-refractivity contribution in [2.75, 3.05) is 20.6 Å². The van der Waals surface area contributed by atoms with Gasteiger partial charge in [0.1, 0.15) is 0 Å². The SMILES string of the molecule is CNC(=O)c1ccc(CN(C)C(=O)CCNC(=O)c2ccc(Cl)cc2)cc1. The zero-order chi connectivity index (χ0) is 19.8. The van der Waals surface area contributed by atoms with Crippen LogP contribution in [0.5, 0.6) is 0 Å². The second-order valence-electron chi connectivity index (χ2n) is 6.04. The highest BCUT2D eigenvalue weighted by atomic mass is 35.5. The van der Waals surface area contributed by atoms with Crippen molar-refractivity contribution in [3.8, 4) is 0 Å². The van der Waals surface area contributed by atoms with Crippen molar-refractivity contribution in [1.82, 2.24) is 15.5 Å². The summed E-state index contributed by atoms with van der Waals surface area (Å²) in [6.45, 7) is 0.679. The summed E-state index contributed by atoms with van der Waals surface area (Å²) in [6.07, 6.45) is 0.201. The summed E-state index contributed by atoms with van der Waals surface area (Å²) in [5.74, 6) is -0.476. The van der Waals surface area contributed by atoms with Crippen LogP contribution in [0.3, 0.4) is 0 Å². The number of amides is 3. The predicted molar refractivity (Wildman–Crippen MR) is 105 cm³/mol. The van der Waals surface area contributed by atoms with E-state index in [-0.39, 0.29) is 30.7 Å². The molecule has 2 rings (SSSR count). The second-order valence-corrected chi connectivity index (χ2v) is 6.48. The number of halogens is 1. The fourth-order valence-electron chi connectivity index (χ4n) is 2.45. The van der Waals surface area contributed by atoms with E-state index in [4.69, 9.17) is 11.6 Å². The first kappa shape index (κ1) is 20.5. The lowest BCUT2D eigenvalue weighted by molar-refractivity contribution is -0.130. The number of carbonyl (C=O) groups excluding carboxylic acids is 3. The molecule has 6 nitrogen and oxygen atoms in total. The van der Waals surface area contributed by atoms with Gasteiger partial charge in [-0.1, -0.05) is 23.7 Å². The molecule has 0 spiro atoms. The molecule has 0 aliphatic heterocycles. The Labute approximate surface area is 163 Å². The molecule has 2 N–H and O–H groups in total. The molecule has 27 heavy (non-hydrogen) atoms. The van der Waals surface area contributed by atoms with Gasteiger partial charge in [0.2, 0.25) is 5.91 Å². The Balaban J connectivity index is 1.79. The Morgan fingerprint density at radius 3 is 2.07 bits per heavy atom. The van der Waals surface area contributed by atoms with Crippen molar-refractivity contribution in [3.63, 3.8) is 0 Å². The predicted octanol–water partition coefficient (Wildman–Crippen LogP) is 2.48. The molecule has 0 aliphatic carbocycles. The van der Waals surface area contributed by atoms with Gasteiger partial charge in [-0.2, -0.15) is 0 Å². The molecule has 2 aromatic carbocycles. The summed E-state index contributed by atoms with van der Waals surface area (Å²) in [4.78, 5) is 37.3. The molecule has 142 valence electrons. The first-order valence-corrected chi connectivity index (χ1v) is 8.87. The van der Waals surface area contributed by atoms with E-state index in [1.165, 1.54) is 0 Å². The number of benzene rings is 2. The van der Waals surface area contributed by atoms with Crippen molar-refractivity contribution in [2.45, 2.75) is 13.0 Å². The summed E-state index contributed by atoms with van der Waals surface area (Å²) in [6, 6.07) is 13.6. The summed E-state index contributed by atoms with van der Waals surface area (Å²) < 4.78 is 0. The summed E-state index contributed by atoms with van der Waals surface area (Å²) in [5, 5.41) is 5.84. The molecular formula is C20H22ClN3O3. The van der Waals surface area contributed by atoms with Crippen LogP contribution in [0.25, 0.3) is 0 Å². The Morgan fingerprint density at radius 2 is 1.48 bits per heavy atom. The van der Waals surface area contributed by atoms with Crippen LogP contribution in [0.1, 0.15) is 32.7 Å². The van der Waals surface area contributed by atoms with Crippen LogP contribution >= 0.6 is 11.6 Å². The highest BCUT2D eigenvalue weighted by Gasteiger charge is 2.11. The van der Waals surface area contributed by atoms with Crippen molar-refractivity contribution >= 4 is 29.3 Å². The Hall–Kier alpha value is -2.86. The van der Waals surface area contributed by atoms with E-state index in [1.54, 1.807) is 55.4 Å². The molecule has 0 bridgehead atoms. The van der Waals surface area contributed by atoms with Crippen LogP contribution in [-0.4, -0.2) is 43.3 Å². The number of hydrogen-bond acceptors (Lipinski definition) is 3. The number of nitrogens with one attached hydrogen (secondary N) is 2. The Kier molecular flexibility index (Phi) is 7.37. The number of carbonyl (C=O) groups is 3. The molecule has 7 heteroatoms. The average Bonchev–Trinajstić information content (AvgIpc) is 2.68. The lowest BCUT2D eigenvalue weighted by Crippen LogP contribution is -2.31. The smallest absolute Gasteiger partial charge is 0.251 e. The topological polar surface area (TPSA) is 78.5 Å². The molecule has 0 aliphatic rings. The van der Waals surface area contributed by atoms with Gasteiger partial charge in [0.05, 0.1) is 0 Å². The van der Waals surface area contributed by atoms with E-state index < -0.39 is 0 Å². The molecule has 0 saturated carbocycles. The van der Waals surface area contributed by atoms with E-state index >= 15 is 0 Å². The van der Waals surface area contributed by atoms with Crippen LogP contribution in [0.2, 0.25) is 5.02 Å². The number of rotatable bonds is 7. The fourth-order valence-corrected chi connectivity index (χ4v) is 2.57. The molecule has 0 atom stereocenters. The van der Waals surface area contributed by atoms with Crippen molar-refractivity contribution in [2.24, 2.45) is 0 Å². The summed E-state index contributed by atoms with van der Waals surface area (Å²) in [7, 11) is 3.28. The molecule has 0 unspecified atom stereocenters. The van der Waals surface area contributed by atoms with Crippen molar-refractivity contribution in [1.29, 1.82) is 0 Å². The monoisotopic (exact) mass is 387 g/mol. The third kappa shape index (κ3) is 6.11. The highest BCUT2D eigenvalue weighted by molar-refractivity contribution is 6.30. The van der Waals surface area contributed by atoms with E-state index in [9.17, 15) is 14.4 Å². The fraction of sp³-hybridized carbons (Fsp3) is 0.250. The average molecular weight is 388 g/mol. The number of nitrogens with zero attached hydrogens (tertiary/aromatic N) is 1. The molecule has 2 aromatic rings. The van der Waals surface area contributed by atoms with Crippen LogP contribution in [0, 0.1) is 0 Å². The minimum Gasteiger partial charge on any atom is -0.355 e. The minimum atomic E-state index is -0.244. The van der Waals surface area contributed by atoms with Gasteiger partial charge in [-0.3, -0.25) is 14.4 Å². The van der Waals surface area contributed by atoms with Gasteiger partial charge in [0.15, 0.2) is 0 Å². The number of hydrogen-bond donors (Lipinski definition) is 2. The quantitative estimate of drug-likeness (QED) is 0.766. The Bertz CT molecular complexity index is 804. The normalized spacial score (nSPS) is 10.2. The second kappa shape index (κ2) is 9.73. The first-order chi connectivity index (χ1) is 12.9. The van der Waals surface area contributed by atoms with Crippen LogP contribution in [-0.2, 0) is 11.3 Å². The van der Waals surface area contributed by atoms with Gasteiger partial charge >= 0.3 is 0 Å². The largest absolute Gasteiger partial charge is 0.355 e. The van der Waals surface area contributed by atoms with Gasteiger partial charge in [0, 0.05) is 49.8 Å². The van der Waals surface area contributed by atoms with Gasteiger partial charge in [0.25, 0.3) is 11.8 Å². The first-order valence-electron chi connectivity index (χ1n) is 8.49. The molecule has 0 fully saturated rings. The zero-order valence-corrected chi connectivity index (χ0v) is 16.0. The summed E-state index contributed by atoms with van der Waals surface area (Å²) in [5.41, 5.74) is 1.99. The molecular weight excluding hydrogens is 366 g/mol. The molecule has 0 radical (unpaired) electrons.